The quantitative estimate of drug-likeness (QED) is 0.277. The van der Waals surface area contributed by atoms with Crippen LogP contribution in [0.2, 0.25) is 5.02 Å². The van der Waals surface area contributed by atoms with Crippen LogP contribution in [0.5, 0.6) is 11.5 Å². The van der Waals surface area contributed by atoms with Crippen LogP contribution >= 0.6 is 11.6 Å². The molecule has 210 valence electrons. The molecule has 9 heteroatoms. The Balaban J connectivity index is 1.26. The minimum absolute atomic E-state index is 0.348. The highest BCUT2D eigenvalue weighted by Crippen LogP contribution is 2.44. The van der Waals surface area contributed by atoms with Crippen molar-refractivity contribution in [2.24, 2.45) is 5.41 Å². The van der Waals surface area contributed by atoms with E-state index >= 15 is 0 Å². The number of aryl methyl sites for hydroxylation is 1. The average Bonchev–Trinajstić information content (AvgIpc) is 2.97. The summed E-state index contributed by atoms with van der Waals surface area (Å²) < 4.78 is 11.8. The number of nitrogens with zero attached hydrogens (tertiary/aromatic N) is 5. The van der Waals surface area contributed by atoms with Gasteiger partial charge in [0.15, 0.2) is 0 Å². The van der Waals surface area contributed by atoms with Gasteiger partial charge in [-0.15, -0.1) is 0 Å². The second kappa shape index (κ2) is 11.1. The monoisotopic (exact) mass is 568 g/mol. The molecule has 2 saturated heterocycles. The maximum Gasteiger partial charge on any atom is 0.142 e. The van der Waals surface area contributed by atoms with Crippen LogP contribution in [0.3, 0.4) is 0 Å². The summed E-state index contributed by atoms with van der Waals surface area (Å²) in [6.07, 6.45) is 5.71. The van der Waals surface area contributed by atoms with Gasteiger partial charge in [-0.05, 0) is 68.1 Å². The van der Waals surface area contributed by atoms with Gasteiger partial charge in [0.25, 0.3) is 0 Å². The Morgan fingerprint density at radius 2 is 1.93 bits per heavy atom. The Bertz CT molecular complexity index is 1640. The van der Waals surface area contributed by atoms with Crippen LogP contribution in [-0.4, -0.2) is 55.2 Å². The van der Waals surface area contributed by atoms with E-state index in [0.29, 0.717) is 39.7 Å². The summed E-state index contributed by atoms with van der Waals surface area (Å²) in [6.45, 7) is 6.69. The number of halogens is 1. The van der Waals surface area contributed by atoms with Crippen LogP contribution in [0.15, 0.2) is 54.9 Å². The maximum atomic E-state index is 9.92. The summed E-state index contributed by atoms with van der Waals surface area (Å²) >= 11 is 6.68. The van der Waals surface area contributed by atoms with E-state index in [9.17, 15) is 5.26 Å². The van der Waals surface area contributed by atoms with Gasteiger partial charge in [-0.3, -0.25) is 9.97 Å². The fourth-order valence-corrected chi connectivity index (χ4v) is 6.34. The molecule has 0 saturated carbocycles. The van der Waals surface area contributed by atoms with Gasteiger partial charge in [0, 0.05) is 50.0 Å². The van der Waals surface area contributed by atoms with Crippen LogP contribution in [-0.2, 0) is 6.61 Å². The summed E-state index contributed by atoms with van der Waals surface area (Å²) in [7, 11) is 3.88. The number of rotatable bonds is 7. The molecule has 0 aliphatic carbocycles. The molecule has 2 aliphatic rings. The molecular formula is C32H33ClN6O2. The van der Waals surface area contributed by atoms with Crippen molar-refractivity contribution in [3.8, 4) is 17.6 Å². The first kappa shape index (κ1) is 27.1. The normalized spacial score (nSPS) is 16.3. The smallest absolute Gasteiger partial charge is 0.142 e. The molecule has 1 N–H and O–H groups in total. The zero-order valence-corrected chi connectivity index (χ0v) is 24.3. The molecule has 2 aromatic heterocycles. The fourth-order valence-electron chi connectivity index (χ4n) is 6.12. The molecular weight excluding hydrogens is 536 g/mol. The third-order valence-corrected chi connectivity index (χ3v) is 8.67. The Hall–Kier alpha value is -4.06. The Labute approximate surface area is 245 Å². The number of fused-ring (bicyclic) bond motifs is 1. The molecule has 41 heavy (non-hydrogen) atoms. The van der Waals surface area contributed by atoms with Gasteiger partial charge in [0.05, 0.1) is 46.0 Å². The van der Waals surface area contributed by atoms with Gasteiger partial charge in [-0.2, -0.15) is 5.26 Å². The number of hydrogen-bond donors (Lipinski definition) is 1. The van der Waals surface area contributed by atoms with Crippen molar-refractivity contribution in [2.75, 3.05) is 50.6 Å². The summed E-state index contributed by atoms with van der Waals surface area (Å²) in [5, 5.41) is 14.6. The second-order valence-corrected chi connectivity index (χ2v) is 11.6. The van der Waals surface area contributed by atoms with E-state index in [2.05, 4.69) is 44.3 Å². The van der Waals surface area contributed by atoms with E-state index < -0.39 is 0 Å². The van der Waals surface area contributed by atoms with E-state index in [1.54, 1.807) is 25.6 Å². The minimum atomic E-state index is 0.348. The second-order valence-electron chi connectivity index (χ2n) is 11.2. The van der Waals surface area contributed by atoms with Crippen LogP contribution in [0.1, 0.15) is 29.7 Å². The molecule has 0 bridgehead atoms. The third kappa shape index (κ3) is 5.35. The molecule has 0 amide bonds. The molecule has 1 spiro atoms. The van der Waals surface area contributed by atoms with Crippen molar-refractivity contribution in [3.05, 3.63) is 76.7 Å². The summed E-state index contributed by atoms with van der Waals surface area (Å²) in [6, 6.07) is 15.7. The van der Waals surface area contributed by atoms with Gasteiger partial charge in [0.2, 0.25) is 0 Å². The lowest BCUT2D eigenvalue weighted by Crippen LogP contribution is -2.58. The largest absolute Gasteiger partial charge is 0.495 e. The van der Waals surface area contributed by atoms with Crippen LogP contribution in [0.25, 0.3) is 10.9 Å². The van der Waals surface area contributed by atoms with Crippen molar-refractivity contribution in [1.29, 1.82) is 5.26 Å². The zero-order valence-electron chi connectivity index (χ0n) is 23.6. The van der Waals surface area contributed by atoms with Crippen molar-refractivity contribution < 1.29 is 9.47 Å². The number of piperidine rings is 1. The van der Waals surface area contributed by atoms with Crippen LogP contribution in [0.4, 0.5) is 17.1 Å². The van der Waals surface area contributed by atoms with E-state index in [0.717, 1.165) is 46.7 Å². The lowest BCUT2D eigenvalue weighted by Gasteiger charge is -2.53. The Kier molecular flexibility index (Phi) is 7.33. The molecule has 0 atom stereocenters. The molecule has 0 radical (unpaired) electrons. The molecule has 2 aliphatic heterocycles. The van der Waals surface area contributed by atoms with E-state index in [-0.39, 0.29) is 0 Å². The average molecular weight is 569 g/mol. The molecule has 4 aromatic rings. The molecule has 4 heterocycles. The third-order valence-electron chi connectivity index (χ3n) is 8.36. The van der Waals surface area contributed by atoms with Crippen LogP contribution < -0.4 is 19.7 Å². The van der Waals surface area contributed by atoms with E-state index in [4.69, 9.17) is 21.1 Å². The van der Waals surface area contributed by atoms with E-state index in [1.807, 2.05) is 37.3 Å². The number of likely N-dealkylation sites (tertiary alicyclic amines) is 1. The first-order chi connectivity index (χ1) is 19.9. The molecule has 2 fully saturated rings. The lowest BCUT2D eigenvalue weighted by molar-refractivity contribution is 0.00127. The molecule has 2 aromatic carbocycles. The summed E-state index contributed by atoms with van der Waals surface area (Å²) in [5.74, 6) is 1.40. The van der Waals surface area contributed by atoms with Gasteiger partial charge in [-0.1, -0.05) is 17.7 Å². The number of nitrogens with one attached hydrogen (secondary N) is 1. The first-order valence-electron chi connectivity index (χ1n) is 13.8. The highest BCUT2D eigenvalue weighted by Gasteiger charge is 2.43. The summed E-state index contributed by atoms with van der Waals surface area (Å²) in [5.41, 5.74) is 5.94. The topological polar surface area (TPSA) is 86.5 Å². The first-order valence-corrected chi connectivity index (χ1v) is 14.2. The number of pyridine rings is 2. The fraction of sp³-hybridized carbons (Fsp3) is 0.344. The number of hydrogen-bond acceptors (Lipinski definition) is 8. The Morgan fingerprint density at radius 1 is 1.12 bits per heavy atom. The number of aromatic nitrogens is 2. The Morgan fingerprint density at radius 3 is 2.61 bits per heavy atom. The van der Waals surface area contributed by atoms with Crippen LogP contribution in [0, 0.1) is 23.7 Å². The number of nitriles is 1. The predicted octanol–water partition coefficient (Wildman–Crippen LogP) is 6.33. The van der Waals surface area contributed by atoms with Crippen molar-refractivity contribution in [1.82, 2.24) is 14.9 Å². The van der Waals surface area contributed by atoms with Gasteiger partial charge >= 0.3 is 0 Å². The predicted molar refractivity (Wildman–Crippen MR) is 162 cm³/mol. The van der Waals surface area contributed by atoms with E-state index in [1.165, 1.54) is 25.9 Å². The van der Waals surface area contributed by atoms with Gasteiger partial charge < -0.3 is 24.6 Å². The molecule has 6 rings (SSSR count). The standard InChI is InChI=1S/C32H33ClN6O2/c1-21-5-4-10-35-28(21)18-41-23-6-7-26(25(33)13-23)37-31-22(16-34)17-36-27-15-29(30(40-3)14-24(27)31)39-11-8-32(9-12-39)19-38(2)20-32/h4-7,10,13-15,17H,8-9,11-12,18-20H2,1-3H3,(H,36,37). The van der Waals surface area contributed by atoms with Crippen molar-refractivity contribution in [2.45, 2.75) is 26.4 Å². The number of benzene rings is 2. The highest BCUT2D eigenvalue weighted by atomic mass is 35.5. The number of methoxy groups -OCH3 is 1. The highest BCUT2D eigenvalue weighted by molar-refractivity contribution is 6.33. The van der Waals surface area contributed by atoms with Crippen molar-refractivity contribution >= 4 is 39.6 Å². The SMILES string of the molecule is COc1cc2c(Nc3ccc(OCc4ncccc4C)cc3Cl)c(C#N)cnc2cc1N1CCC2(CC1)CN(C)C2. The zero-order chi connectivity index (χ0) is 28.6. The molecule has 8 nitrogen and oxygen atoms in total. The number of ether oxygens (including phenoxy) is 2. The number of anilines is 3. The summed E-state index contributed by atoms with van der Waals surface area (Å²) in [4.78, 5) is 13.8. The lowest BCUT2D eigenvalue weighted by atomic mass is 9.72. The minimum Gasteiger partial charge on any atom is -0.495 e. The maximum absolute atomic E-state index is 9.92. The van der Waals surface area contributed by atoms with Gasteiger partial charge in [0.1, 0.15) is 24.2 Å². The molecule has 0 unspecified atom stereocenters. The van der Waals surface area contributed by atoms with Crippen molar-refractivity contribution in [3.63, 3.8) is 0 Å². The van der Waals surface area contributed by atoms with Gasteiger partial charge in [-0.25, -0.2) is 0 Å².